The Bertz CT molecular complexity index is 441. The minimum Gasteiger partial charge on any atom is -0.497 e. The fourth-order valence-corrected chi connectivity index (χ4v) is 2.10. The van der Waals surface area contributed by atoms with E-state index in [2.05, 4.69) is 5.32 Å². The van der Waals surface area contributed by atoms with E-state index in [1.807, 2.05) is 0 Å². The smallest absolute Gasteiger partial charge is 0.157 e. The van der Waals surface area contributed by atoms with Crippen molar-refractivity contribution < 1.29 is 29.9 Å². The highest BCUT2D eigenvalue weighted by molar-refractivity contribution is 5.48. The molecule has 7 nitrogen and oxygen atoms in total. The van der Waals surface area contributed by atoms with Crippen LogP contribution in [0.4, 0.5) is 5.69 Å². The average Bonchev–Trinajstić information content (AvgIpc) is 2.48. The first-order chi connectivity index (χ1) is 9.56. The van der Waals surface area contributed by atoms with Gasteiger partial charge < -0.3 is 35.2 Å². The molecule has 1 heterocycles. The van der Waals surface area contributed by atoms with Crippen LogP contribution < -0.4 is 10.1 Å². The van der Waals surface area contributed by atoms with Gasteiger partial charge in [0.2, 0.25) is 0 Å². The van der Waals surface area contributed by atoms with Gasteiger partial charge >= 0.3 is 0 Å². The zero-order valence-electron chi connectivity index (χ0n) is 11.0. The van der Waals surface area contributed by atoms with Gasteiger partial charge in [-0.05, 0) is 12.1 Å². The highest BCUT2D eigenvalue weighted by Crippen LogP contribution is 2.24. The molecule has 7 heteroatoms. The van der Waals surface area contributed by atoms with E-state index < -0.39 is 37.3 Å². The number of methoxy groups -OCH3 is 1. The largest absolute Gasteiger partial charge is 0.497 e. The molecule has 0 aromatic heterocycles. The molecule has 1 aromatic carbocycles. The number of benzene rings is 1. The molecular weight excluding hydrogens is 266 g/mol. The van der Waals surface area contributed by atoms with E-state index in [0.29, 0.717) is 11.4 Å². The van der Waals surface area contributed by atoms with E-state index in [4.69, 9.17) is 14.6 Å². The van der Waals surface area contributed by atoms with Crippen LogP contribution in [0.25, 0.3) is 0 Å². The third-order valence-electron chi connectivity index (χ3n) is 3.27. The molecule has 5 atom stereocenters. The van der Waals surface area contributed by atoms with Crippen molar-refractivity contribution in [3.05, 3.63) is 24.3 Å². The molecule has 1 fully saturated rings. The van der Waals surface area contributed by atoms with Crippen LogP contribution in [-0.2, 0) is 4.74 Å². The second-order valence-corrected chi connectivity index (χ2v) is 4.63. The van der Waals surface area contributed by atoms with Crippen LogP contribution in [0, 0.1) is 0 Å². The molecule has 0 amide bonds. The Morgan fingerprint density at radius 3 is 2.60 bits per heavy atom. The van der Waals surface area contributed by atoms with Gasteiger partial charge in [0.15, 0.2) is 6.23 Å². The third-order valence-corrected chi connectivity index (χ3v) is 3.27. The van der Waals surface area contributed by atoms with Gasteiger partial charge in [0, 0.05) is 11.8 Å². The van der Waals surface area contributed by atoms with E-state index in [0.717, 1.165) is 0 Å². The van der Waals surface area contributed by atoms with Crippen LogP contribution in [0.15, 0.2) is 24.3 Å². The molecule has 1 aliphatic heterocycles. The first kappa shape index (κ1) is 15.0. The topological polar surface area (TPSA) is 111 Å². The van der Waals surface area contributed by atoms with Gasteiger partial charge in [0.1, 0.15) is 30.2 Å². The molecule has 0 spiro atoms. The Morgan fingerprint density at radius 1 is 1.20 bits per heavy atom. The summed E-state index contributed by atoms with van der Waals surface area (Å²) in [6.07, 6.45) is -5.96. The second kappa shape index (κ2) is 6.38. The SMILES string of the molecule is COc1cccc(N[C@@H]2O[C@H](CO)[C@H](O)[C@H](O)[C@@H]2O)c1. The fraction of sp³-hybridized carbons (Fsp3) is 0.538. The zero-order valence-corrected chi connectivity index (χ0v) is 11.0. The van der Waals surface area contributed by atoms with E-state index in [1.165, 1.54) is 7.11 Å². The minimum atomic E-state index is -1.40. The first-order valence-corrected chi connectivity index (χ1v) is 6.28. The summed E-state index contributed by atoms with van der Waals surface area (Å²) in [7, 11) is 1.53. The molecule has 0 radical (unpaired) electrons. The van der Waals surface area contributed by atoms with E-state index in [1.54, 1.807) is 24.3 Å². The number of hydrogen-bond donors (Lipinski definition) is 5. The Labute approximate surface area is 116 Å². The van der Waals surface area contributed by atoms with Crippen LogP contribution in [0.5, 0.6) is 5.75 Å². The van der Waals surface area contributed by atoms with E-state index >= 15 is 0 Å². The summed E-state index contributed by atoms with van der Waals surface area (Å²) in [5, 5.41) is 41.3. The fourth-order valence-electron chi connectivity index (χ4n) is 2.10. The van der Waals surface area contributed by atoms with Crippen molar-refractivity contribution in [2.24, 2.45) is 0 Å². The van der Waals surface area contributed by atoms with Crippen LogP contribution in [0.3, 0.4) is 0 Å². The summed E-state index contributed by atoms with van der Waals surface area (Å²) in [6.45, 7) is -0.457. The lowest BCUT2D eigenvalue weighted by Crippen LogP contribution is -2.60. The Kier molecular flexibility index (Phi) is 4.79. The van der Waals surface area contributed by atoms with Crippen molar-refractivity contribution in [3.8, 4) is 5.75 Å². The molecule has 0 saturated carbocycles. The summed E-state index contributed by atoms with van der Waals surface area (Å²) in [6, 6.07) is 6.95. The molecule has 0 unspecified atom stereocenters. The van der Waals surface area contributed by atoms with Crippen LogP contribution in [0.1, 0.15) is 0 Å². The molecule has 1 aromatic rings. The maximum absolute atomic E-state index is 9.90. The third kappa shape index (κ3) is 3.02. The van der Waals surface area contributed by atoms with Gasteiger partial charge in [-0.2, -0.15) is 0 Å². The number of rotatable bonds is 4. The standard InChI is InChI=1S/C13H19NO6/c1-19-8-4-2-3-7(5-8)14-13-12(18)11(17)10(16)9(6-15)20-13/h2-5,9-18H,6H2,1H3/t9-,10+,11+,12+,13-/m1/s1. The van der Waals surface area contributed by atoms with Crippen LogP contribution in [-0.4, -0.2) is 64.8 Å². The number of hydrogen-bond acceptors (Lipinski definition) is 7. The Morgan fingerprint density at radius 2 is 1.95 bits per heavy atom. The van der Waals surface area contributed by atoms with E-state index in [9.17, 15) is 15.3 Å². The summed E-state index contributed by atoms with van der Waals surface area (Å²) >= 11 is 0. The van der Waals surface area contributed by atoms with Crippen molar-refractivity contribution in [2.75, 3.05) is 19.0 Å². The number of ether oxygens (including phenoxy) is 2. The second-order valence-electron chi connectivity index (χ2n) is 4.63. The lowest BCUT2D eigenvalue weighted by Gasteiger charge is -2.40. The quantitative estimate of drug-likeness (QED) is 0.478. The predicted molar refractivity (Wildman–Crippen MR) is 70.4 cm³/mol. The summed E-state index contributed by atoms with van der Waals surface area (Å²) < 4.78 is 10.4. The highest BCUT2D eigenvalue weighted by Gasteiger charge is 2.43. The van der Waals surface area contributed by atoms with Crippen molar-refractivity contribution in [3.63, 3.8) is 0 Å². The predicted octanol–water partition coefficient (Wildman–Crippen LogP) is -1.09. The Hall–Kier alpha value is -1.38. The summed E-state index contributed by atoms with van der Waals surface area (Å²) in [5.41, 5.74) is 0.619. The van der Waals surface area contributed by atoms with Gasteiger partial charge in [-0.15, -0.1) is 0 Å². The molecule has 1 aliphatic rings. The summed E-state index contributed by atoms with van der Waals surface area (Å²) in [5.74, 6) is 0.625. The number of aliphatic hydroxyl groups is 4. The molecule has 20 heavy (non-hydrogen) atoms. The van der Waals surface area contributed by atoms with Crippen LogP contribution in [0.2, 0.25) is 0 Å². The van der Waals surface area contributed by atoms with Crippen molar-refractivity contribution >= 4 is 5.69 Å². The molecule has 2 rings (SSSR count). The van der Waals surface area contributed by atoms with Gasteiger partial charge in [-0.1, -0.05) is 6.07 Å². The van der Waals surface area contributed by atoms with Gasteiger partial charge in [0.05, 0.1) is 13.7 Å². The number of nitrogens with one attached hydrogen (secondary N) is 1. The number of aliphatic hydroxyl groups excluding tert-OH is 4. The maximum Gasteiger partial charge on any atom is 0.157 e. The van der Waals surface area contributed by atoms with Gasteiger partial charge in [-0.25, -0.2) is 0 Å². The van der Waals surface area contributed by atoms with Gasteiger partial charge in [0.25, 0.3) is 0 Å². The molecular formula is C13H19NO6. The van der Waals surface area contributed by atoms with Crippen molar-refractivity contribution in [1.82, 2.24) is 0 Å². The van der Waals surface area contributed by atoms with Crippen molar-refractivity contribution in [1.29, 1.82) is 0 Å². The summed E-state index contributed by atoms with van der Waals surface area (Å²) in [4.78, 5) is 0. The molecule has 112 valence electrons. The molecule has 0 bridgehead atoms. The maximum atomic E-state index is 9.90. The average molecular weight is 285 g/mol. The molecule has 0 aliphatic carbocycles. The number of anilines is 1. The lowest BCUT2D eigenvalue weighted by atomic mass is 9.98. The lowest BCUT2D eigenvalue weighted by molar-refractivity contribution is -0.221. The monoisotopic (exact) mass is 285 g/mol. The minimum absolute atomic E-state index is 0.457. The van der Waals surface area contributed by atoms with E-state index in [-0.39, 0.29) is 0 Å². The zero-order chi connectivity index (χ0) is 14.7. The normalized spacial score (nSPS) is 33.8. The first-order valence-electron chi connectivity index (χ1n) is 6.28. The van der Waals surface area contributed by atoms with Crippen LogP contribution >= 0.6 is 0 Å². The van der Waals surface area contributed by atoms with Gasteiger partial charge in [-0.3, -0.25) is 0 Å². The Balaban J connectivity index is 2.10. The highest BCUT2D eigenvalue weighted by atomic mass is 16.6. The van der Waals surface area contributed by atoms with Crippen molar-refractivity contribution in [2.45, 2.75) is 30.6 Å². The molecule has 1 saturated heterocycles. The molecule has 5 N–H and O–H groups in total.